The van der Waals surface area contributed by atoms with Gasteiger partial charge in [0.25, 0.3) is 10.0 Å². The second-order valence-corrected chi connectivity index (χ2v) is 8.75. The molecule has 6 nitrogen and oxygen atoms in total. The number of hydrogen-bond acceptors (Lipinski definition) is 6. The summed E-state index contributed by atoms with van der Waals surface area (Å²) in [4.78, 5) is 23.3. The summed E-state index contributed by atoms with van der Waals surface area (Å²) < 4.78 is 67.3. The number of ether oxygens (including phenoxy) is 1. The Morgan fingerprint density at radius 1 is 1.03 bits per heavy atom. The molecule has 0 aliphatic rings. The van der Waals surface area contributed by atoms with Crippen molar-refractivity contribution in [2.75, 3.05) is 10.5 Å². The third kappa shape index (κ3) is 7.38. The van der Waals surface area contributed by atoms with E-state index in [0.717, 1.165) is 36.0 Å². The Bertz CT molecular complexity index is 988. The average Bonchev–Trinajstić information content (AvgIpc) is 2.66. The van der Waals surface area contributed by atoms with E-state index >= 15 is 0 Å². The lowest BCUT2D eigenvalue weighted by molar-refractivity contribution is -0.274. The largest absolute Gasteiger partial charge is 0.573 e. The summed E-state index contributed by atoms with van der Waals surface area (Å²) in [7, 11) is -4.06. The molecule has 0 fully saturated rings. The molecular weight excluding hydrogens is 443 g/mol. The van der Waals surface area contributed by atoms with Crippen molar-refractivity contribution in [3.63, 3.8) is 0 Å². The summed E-state index contributed by atoms with van der Waals surface area (Å²) >= 11 is 0.939. The molecule has 0 radical (unpaired) electrons. The Labute approximate surface area is 175 Å². The van der Waals surface area contributed by atoms with Gasteiger partial charge < -0.3 is 4.74 Å². The average molecular weight is 461 g/mol. The number of halogens is 3. The third-order valence-corrected chi connectivity index (χ3v) is 5.97. The van der Waals surface area contributed by atoms with Crippen molar-refractivity contribution in [2.24, 2.45) is 0 Å². The zero-order valence-electron chi connectivity index (χ0n) is 15.7. The predicted octanol–water partition coefficient (Wildman–Crippen LogP) is 4.63. The summed E-state index contributed by atoms with van der Waals surface area (Å²) in [5.41, 5.74) is 0.486. The number of hydrogen-bond donors (Lipinski definition) is 1. The van der Waals surface area contributed by atoms with E-state index in [4.69, 9.17) is 0 Å². The number of carbonyl (C=O) groups excluding carboxylic acids is 2. The second kappa shape index (κ2) is 9.98. The number of sulfonamides is 1. The topological polar surface area (TPSA) is 89.5 Å². The number of Topliss-reactive ketones (excluding diaryl/α,β-unsaturated/α-hetero) is 1. The molecule has 2 aromatic rings. The maximum absolute atomic E-state index is 12.4. The molecule has 0 aliphatic carbocycles. The minimum absolute atomic E-state index is 0.00372. The Morgan fingerprint density at radius 2 is 1.63 bits per heavy atom. The van der Waals surface area contributed by atoms with Gasteiger partial charge in [-0.05, 0) is 55.0 Å². The highest BCUT2D eigenvalue weighted by atomic mass is 32.2. The summed E-state index contributed by atoms with van der Waals surface area (Å²) in [6.45, 7) is 1.87. The van der Waals surface area contributed by atoms with Crippen LogP contribution in [-0.2, 0) is 14.8 Å². The van der Waals surface area contributed by atoms with E-state index in [0.29, 0.717) is 18.4 Å². The fraction of sp³-hybridized carbons (Fsp3) is 0.263. The van der Waals surface area contributed by atoms with Crippen LogP contribution in [0.1, 0.15) is 30.1 Å². The van der Waals surface area contributed by atoms with Gasteiger partial charge in [0.05, 0.1) is 10.6 Å². The van der Waals surface area contributed by atoms with Gasteiger partial charge in [-0.2, -0.15) is 0 Å². The molecule has 0 atom stereocenters. The van der Waals surface area contributed by atoms with Crippen molar-refractivity contribution in [1.29, 1.82) is 0 Å². The number of anilines is 1. The van der Waals surface area contributed by atoms with E-state index in [1.807, 2.05) is 6.92 Å². The summed E-state index contributed by atoms with van der Waals surface area (Å²) in [5.74, 6) is -0.810. The number of thioether (sulfide) groups is 1. The zero-order valence-corrected chi connectivity index (χ0v) is 17.4. The van der Waals surface area contributed by atoms with Crippen molar-refractivity contribution >= 4 is 38.4 Å². The molecule has 1 N–H and O–H groups in total. The van der Waals surface area contributed by atoms with Crippen LogP contribution in [0.5, 0.6) is 5.75 Å². The molecule has 162 valence electrons. The standard InChI is InChI=1S/C19H18F3NO5S2/c1-2-3-18(25)29-12-17(24)13-4-6-14(7-5-13)23-30(26,27)16-10-8-15(9-11-16)28-19(20,21)22/h4-11,23H,2-3,12H2,1H3. The van der Waals surface area contributed by atoms with Crippen LogP contribution < -0.4 is 9.46 Å². The molecule has 0 aliphatic heterocycles. The number of nitrogens with one attached hydrogen (secondary N) is 1. The van der Waals surface area contributed by atoms with Crippen LogP contribution in [-0.4, -0.2) is 31.4 Å². The van der Waals surface area contributed by atoms with Gasteiger partial charge >= 0.3 is 6.36 Å². The Hall–Kier alpha value is -2.53. The number of carbonyl (C=O) groups is 2. The Morgan fingerprint density at radius 3 is 2.17 bits per heavy atom. The first-order valence-corrected chi connectivity index (χ1v) is 11.1. The summed E-state index contributed by atoms with van der Waals surface area (Å²) in [5, 5.41) is -0.0677. The first-order valence-electron chi connectivity index (χ1n) is 8.67. The maximum Gasteiger partial charge on any atom is 0.573 e. The maximum atomic E-state index is 12.4. The van der Waals surface area contributed by atoms with E-state index in [1.54, 1.807) is 0 Å². The van der Waals surface area contributed by atoms with Crippen LogP contribution in [0.15, 0.2) is 53.4 Å². The molecule has 0 saturated heterocycles. The smallest absolute Gasteiger partial charge is 0.406 e. The van der Waals surface area contributed by atoms with Crippen LogP contribution >= 0.6 is 11.8 Å². The van der Waals surface area contributed by atoms with Crippen LogP contribution in [0.25, 0.3) is 0 Å². The number of benzene rings is 2. The molecule has 2 aromatic carbocycles. The van der Waals surface area contributed by atoms with Crippen LogP contribution in [0.2, 0.25) is 0 Å². The lowest BCUT2D eigenvalue weighted by Crippen LogP contribution is -2.17. The van der Waals surface area contributed by atoms with Crippen molar-refractivity contribution in [1.82, 2.24) is 0 Å². The molecule has 0 unspecified atom stereocenters. The number of ketones is 1. The molecule has 2 rings (SSSR count). The summed E-state index contributed by atoms with van der Waals surface area (Å²) in [6, 6.07) is 9.34. The van der Waals surface area contributed by atoms with E-state index in [1.165, 1.54) is 24.3 Å². The highest BCUT2D eigenvalue weighted by Crippen LogP contribution is 2.25. The molecule has 30 heavy (non-hydrogen) atoms. The van der Waals surface area contributed by atoms with Crippen molar-refractivity contribution < 1.29 is 35.9 Å². The van der Waals surface area contributed by atoms with Crippen molar-refractivity contribution in [2.45, 2.75) is 31.0 Å². The van der Waals surface area contributed by atoms with E-state index in [2.05, 4.69) is 9.46 Å². The van der Waals surface area contributed by atoms with E-state index in [-0.39, 0.29) is 27.2 Å². The fourth-order valence-electron chi connectivity index (χ4n) is 2.26. The van der Waals surface area contributed by atoms with Crippen LogP contribution in [0.4, 0.5) is 18.9 Å². The van der Waals surface area contributed by atoms with Gasteiger partial charge in [-0.1, -0.05) is 18.7 Å². The monoisotopic (exact) mass is 461 g/mol. The van der Waals surface area contributed by atoms with Crippen LogP contribution in [0, 0.1) is 0 Å². The Balaban J connectivity index is 2.01. The molecule has 0 saturated carbocycles. The highest BCUT2D eigenvalue weighted by Gasteiger charge is 2.31. The predicted molar refractivity (Wildman–Crippen MR) is 107 cm³/mol. The normalized spacial score (nSPS) is 11.7. The van der Waals surface area contributed by atoms with E-state index < -0.39 is 22.1 Å². The SMILES string of the molecule is CCCC(=O)SCC(=O)c1ccc(NS(=O)(=O)c2ccc(OC(F)(F)F)cc2)cc1. The molecule has 0 aromatic heterocycles. The highest BCUT2D eigenvalue weighted by molar-refractivity contribution is 8.14. The molecule has 11 heteroatoms. The molecule has 0 spiro atoms. The molecular formula is C19H18F3NO5S2. The third-order valence-electron chi connectivity index (χ3n) is 3.65. The van der Waals surface area contributed by atoms with Gasteiger partial charge in [-0.25, -0.2) is 8.42 Å². The lowest BCUT2D eigenvalue weighted by atomic mass is 10.1. The number of alkyl halides is 3. The van der Waals surface area contributed by atoms with E-state index in [9.17, 15) is 31.2 Å². The number of rotatable bonds is 9. The van der Waals surface area contributed by atoms with Crippen LogP contribution in [0.3, 0.4) is 0 Å². The van der Waals surface area contributed by atoms with Gasteiger partial charge in [0.1, 0.15) is 5.75 Å². The zero-order chi connectivity index (χ0) is 22.4. The first-order chi connectivity index (χ1) is 14.0. The lowest BCUT2D eigenvalue weighted by Gasteiger charge is -2.11. The quantitative estimate of drug-likeness (QED) is 0.548. The van der Waals surface area contributed by atoms with Gasteiger partial charge in [0, 0.05) is 17.7 Å². The minimum Gasteiger partial charge on any atom is -0.406 e. The van der Waals surface area contributed by atoms with Gasteiger partial charge in [0.2, 0.25) is 0 Å². The van der Waals surface area contributed by atoms with Gasteiger partial charge in [0.15, 0.2) is 10.9 Å². The molecule has 0 bridgehead atoms. The van der Waals surface area contributed by atoms with Crippen molar-refractivity contribution in [3.8, 4) is 5.75 Å². The first kappa shape index (κ1) is 23.7. The molecule has 0 heterocycles. The Kier molecular flexibility index (Phi) is 7.90. The van der Waals surface area contributed by atoms with Gasteiger partial charge in [-0.3, -0.25) is 14.3 Å². The molecule has 0 amide bonds. The van der Waals surface area contributed by atoms with Crippen molar-refractivity contribution in [3.05, 3.63) is 54.1 Å². The van der Waals surface area contributed by atoms with Gasteiger partial charge in [-0.15, -0.1) is 13.2 Å². The summed E-state index contributed by atoms with van der Waals surface area (Å²) in [6.07, 6.45) is -3.78. The fourth-order valence-corrected chi connectivity index (χ4v) is 4.13. The minimum atomic E-state index is -4.88. The second-order valence-electron chi connectivity index (χ2n) is 6.04.